The zero-order valence-electron chi connectivity index (χ0n) is 13.6. The second-order valence-corrected chi connectivity index (χ2v) is 5.24. The standard InChI is InChI=1S/C18H19FN2O3/c1-12(22)20-16-11-14(8-9-17(16)24-2)21-18(23)10-7-13-5-3-4-6-15(13)19/h3-6,8-9,11H,7,10H2,1-2H3,(H,20,22)(H,21,23). The Bertz CT molecular complexity index is 747. The zero-order chi connectivity index (χ0) is 17.5. The zero-order valence-corrected chi connectivity index (χ0v) is 13.6. The third-order valence-corrected chi connectivity index (χ3v) is 3.37. The minimum Gasteiger partial charge on any atom is -0.495 e. The van der Waals surface area contributed by atoms with E-state index >= 15 is 0 Å². The van der Waals surface area contributed by atoms with E-state index in [-0.39, 0.29) is 24.1 Å². The van der Waals surface area contributed by atoms with E-state index in [2.05, 4.69) is 10.6 Å². The van der Waals surface area contributed by atoms with Crippen molar-refractivity contribution in [2.75, 3.05) is 17.7 Å². The van der Waals surface area contributed by atoms with Crippen LogP contribution in [0.2, 0.25) is 0 Å². The molecule has 0 atom stereocenters. The van der Waals surface area contributed by atoms with Gasteiger partial charge < -0.3 is 15.4 Å². The monoisotopic (exact) mass is 330 g/mol. The predicted octanol–water partition coefficient (Wildman–Crippen LogP) is 3.36. The number of carbonyl (C=O) groups is 2. The van der Waals surface area contributed by atoms with Gasteiger partial charge in [-0.3, -0.25) is 9.59 Å². The van der Waals surface area contributed by atoms with Crippen molar-refractivity contribution in [3.05, 3.63) is 53.8 Å². The summed E-state index contributed by atoms with van der Waals surface area (Å²) in [5, 5.41) is 5.37. The Morgan fingerprint density at radius 3 is 2.54 bits per heavy atom. The van der Waals surface area contributed by atoms with Crippen molar-refractivity contribution < 1.29 is 18.7 Å². The smallest absolute Gasteiger partial charge is 0.224 e. The molecule has 0 saturated carbocycles. The molecule has 2 rings (SSSR count). The van der Waals surface area contributed by atoms with Gasteiger partial charge in [0.1, 0.15) is 11.6 Å². The first-order valence-corrected chi connectivity index (χ1v) is 7.48. The number of halogens is 1. The molecule has 0 radical (unpaired) electrons. The first-order valence-electron chi connectivity index (χ1n) is 7.48. The summed E-state index contributed by atoms with van der Waals surface area (Å²) in [5.41, 5.74) is 1.50. The molecule has 2 N–H and O–H groups in total. The topological polar surface area (TPSA) is 67.4 Å². The average molecular weight is 330 g/mol. The van der Waals surface area contributed by atoms with Crippen molar-refractivity contribution >= 4 is 23.2 Å². The van der Waals surface area contributed by atoms with Crippen molar-refractivity contribution in [1.82, 2.24) is 0 Å². The summed E-state index contributed by atoms with van der Waals surface area (Å²) < 4.78 is 18.7. The fourth-order valence-corrected chi connectivity index (χ4v) is 2.25. The molecule has 6 heteroatoms. The van der Waals surface area contributed by atoms with Crippen molar-refractivity contribution in [3.63, 3.8) is 0 Å². The van der Waals surface area contributed by atoms with Gasteiger partial charge in [-0.2, -0.15) is 0 Å². The van der Waals surface area contributed by atoms with E-state index in [1.807, 2.05) is 0 Å². The maximum Gasteiger partial charge on any atom is 0.224 e. The van der Waals surface area contributed by atoms with E-state index in [0.717, 1.165) is 0 Å². The molecule has 0 aliphatic carbocycles. The number of aryl methyl sites for hydroxylation is 1. The highest BCUT2D eigenvalue weighted by molar-refractivity contribution is 5.94. The van der Waals surface area contributed by atoms with Crippen LogP contribution in [0.4, 0.5) is 15.8 Å². The quantitative estimate of drug-likeness (QED) is 0.853. The van der Waals surface area contributed by atoms with Gasteiger partial charge in [-0.1, -0.05) is 18.2 Å². The molecule has 0 aliphatic heterocycles. The molecule has 0 bridgehead atoms. The van der Waals surface area contributed by atoms with Gasteiger partial charge in [-0.25, -0.2) is 4.39 Å². The number of methoxy groups -OCH3 is 1. The summed E-state index contributed by atoms with van der Waals surface area (Å²) in [6.07, 6.45) is 0.468. The Labute approximate surface area is 139 Å². The molecule has 5 nitrogen and oxygen atoms in total. The van der Waals surface area contributed by atoms with Gasteiger partial charge in [-0.15, -0.1) is 0 Å². The predicted molar refractivity (Wildman–Crippen MR) is 90.6 cm³/mol. The number of anilines is 2. The largest absolute Gasteiger partial charge is 0.495 e. The summed E-state index contributed by atoms with van der Waals surface area (Å²) in [6.45, 7) is 1.39. The van der Waals surface area contributed by atoms with Crippen LogP contribution in [-0.2, 0) is 16.0 Å². The summed E-state index contributed by atoms with van der Waals surface area (Å²) >= 11 is 0. The molecule has 2 amide bonds. The second kappa shape index (κ2) is 8.10. The Balaban J connectivity index is 2.01. The van der Waals surface area contributed by atoms with Crippen LogP contribution < -0.4 is 15.4 Å². The molecular formula is C18H19FN2O3. The number of ether oxygens (including phenoxy) is 1. The number of benzene rings is 2. The van der Waals surface area contributed by atoms with E-state index in [4.69, 9.17) is 4.74 Å². The molecule has 0 aliphatic rings. The van der Waals surface area contributed by atoms with Crippen LogP contribution in [0.15, 0.2) is 42.5 Å². The fraction of sp³-hybridized carbons (Fsp3) is 0.222. The minimum absolute atomic E-state index is 0.155. The molecule has 2 aromatic rings. The Hall–Kier alpha value is -2.89. The van der Waals surface area contributed by atoms with Crippen LogP contribution in [-0.4, -0.2) is 18.9 Å². The Morgan fingerprint density at radius 2 is 1.88 bits per heavy atom. The maximum atomic E-state index is 13.5. The van der Waals surface area contributed by atoms with Gasteiger partial charge in [0.05, 0.1) is 12.8 Å². The van der Waals surface area contributed by atoms with Crippen LogP contribution in [0.1, 0.15) is 18.9 Å². The number of carbonyl (C=O) groups excluding carboxylic acids is 2. The lowest BCUT2D eigenvalue weighted by atomic mass is 10.1. The molecule has 0 saturated heterocycles. The molecule has 0 unspecified atom stereocenters. The van der Waals surface area contributed by atoms with Gasteiger partial charge in [-0.05, 0) is 36.2 Å². The highest BCUT2D eigenvalue weighted by atomic mass is 19.1. The number of nitrogens with one attached hydrogen (secondary N) is 2. The maximum absolute atomic E-state index is 13.5. The van der Waals surface area contributed by atoms with Crippen LogP contribution in [0.3, 0.4) is 0 Å². The molecule has 24 heavy (non-hydrogen) atoms. The van der Waals surface area contributed by atoms with Gasteiger partial charge in [0, 0.05) is 19.0 Å². The minimum atomic E-state index is -0.317. The SMILES string of the molecule is COc1ccc(NC(=O)CCc2ccccc2F)cc1NC(C)=O. The lowest BCUT2D eigenvalue weighted by Crippen LogP contribution is -2.13. The summed E-state index contributed by atoms with van der Waals surface area (Å²) in [4.78, 5) is 23.2. The molecule has 0 heterocycles. The third kappa shape index (κ3) is 4.81. The van der Waals surface area contributed by atoms with Crippen LogP contribution in [0.25, 0.3) is 0 Å². The first kappa shape index (κ1) is 17.5. The third-order valence-electron chi connectivity index (χ3n) is 3.37. The van der Waals surface area contributed by atoms with Crippen molar-refractivity contribution in [3.8, 4) is 5.75 Å². The summed E-state index contributed by atoms with van der Waals surface area (Å²) in [6, 6.07) is 11.3. The van der Waals surface area contributed by atoms with E-state index in [1.54, 1.807) is 36.4 Å². The normalized spacial score (nSPS) is 10.1. The molecule has 0 aromatic heterocycles. The number of amides is 2. The first-order chi connectivity index (χ1) is 11.5. The van der Waals surface area contributed by atoms with Gasteiger partial charge in [0.25, 0.3) is 0 Å². The fourth-order valence-electron chi connectivity index (χ4n) is 2.25. The number of rotatable bonds is 6. The van der Waals surface area contributed by atoms with Gasteiger partial charge in [0.2, 0.25) is 11.8 Å². The second-order valence-electron chi connectivity index (χ2n) is 5.24. The summed E-state index contributed by atoms with van der Waals surface area (Å²) in [5.74, 6) is -0.300. The van der Waals surface area contributed by atoms with Gasteiger partial charge in [0.15, 0.2) is 0 Å². The van der Waals surface area contributed by atoms with Crippen LogP contribution in [0.5, 0.6) is 5.75 Å². The Kier molecular flexibility index (Phi) is 5.89. The van der Waals surface area contributed by atoms with E-state index < -0.39 is 0 Å². The van der Waals surface area contributed by atoms with Crippen molar-refractivity contribution in [2.24, 2.45) is 0 Å². The lowest BCUT2D eigenvalue weighted by molar-refractivity contribution is -0.116. The van der Waals surface area contributed by atoms with E-state index in [1.165, 1.54) is 20.1 Å². The molecule has 126 valence electrons. The molecule has 0 fully saturated rings. The lowest BCUT2D eigenvalue weighted by Gasteiger charge is -2.12. The molecular weight excluding hydrogens is 311 g/mol. The van der Waals surface area contributed by atoms with E-state index in [9.17, 15) is 14.0 Å². The van der Waals surface area contributed by atoms with Crippen LogP contribution >= 0.6 is 0 Å². The Morgan fingerprint density at radius 1 is 1.12 bits per heavy atom. The van der Waals surface area contributed by atoms with Crippen molar-refractivity contribution in [1.29, 1.82) is 0 Å². The highest BCUT2D eigenvalue weighted by Crippen LogP contribution is 2.28. The van der Waals surface area contributed by atoms with Crippen LogP contribution in [0, 0.1) is 5.82 Å². The molecule has 0 spiro atoms. The summed E-state index contributed by atoms with van der Waals surface area (Å²) in [7, 11) is 1.49. The van der Waals surface area contributed by atoms with Gasteiger partial charge >= 0.3 is 0 Å². The highest BCUT2D eigenvalue weighted by Gasteiger charge is 2.09. The van der Waals surface area contributed by atoms with E-state index in [0.29, 0.717) is 29.1 Å². The average Bonchev–Trinajstić information content (AvgIpc) is 2.54. The number of hydrogen-bond acceptors (Lipinski definition) is 3. The molecule has 2 aromatic carbocycles. The van der Waals surface area contributed by atoms with Crippen molar-refractivity contribution in [2.45, 2.75) is 19.8 Å². The number of hydrogen-bond donors (Lipinski definition) is 2.